The molecular weight excluding hydrogens is 342 g/mol. The molecule has 3 heterocycles. The van der Waals surface area contributed by atoms with E-state index in [1.165, 1.54) is 4.31 Å². The molecule has 1 aliphatic carbocycles. The minimum absolute atomic E-state index is 0.0204. The van der Waals surface area contributed by atoms with Crippen LogP contribution in [0, 0.1) is 12.3 Å². The van der Waals surface area contributed by atoms with Crippen LogP contribution in [-0.2, 0) is 10.2 Å². The topological polar surface area (TPSA) is 93.2 Å². The van der Waals surface area contributed by atoms with Crippen molar-refractivity contribution < 1.29 is 13.2 Å². The van der Waals surface area contributed by atoms with Crippen LogP contribution in [0.15, 0.2) is 18.5 Å². The molecule has 0 atom stereocenters. The van der Waals surface area contributed by atoms with Crippen LogP contribution >= 0.6 is 0 Å². The maximum Gasteiger partial charge on any atom is 0.276 e. The number of hydrogen-bond acceptors (Lipinski definition) is 5. The van der Waals surface area contributed by atoms with Gasteiger partial charge in [-0.05, 0) is 31.4 Å². The van der Waals surface area contributed by atoms with E-state index in [1.807, 2.05) is 23.0 Å². The van der Waals surface area contributed by atoms with Crippen LogP contribution < -0.4 is 14.8 Å². The molecule has 2 fully saturated rings. The lowest BCUT2D eigenvalue weighted by Gasteiger charge is -2.60. The molecule has 8 nitrogen and oxygen atoms in total. The number of aromatic nitrogens is 2. The second kappa shape index (κ2) is 5.33. The van der Waals surface area contributed by atoms with Crippen molar-refractivity contribution in [3.63, 3.8) is 0 Å². The van der Waals surface area contributed by atoms with Crippen molar-refractivity contribution in [3.8, 4) is 5.75 Å². The zero-order chi connectivity index (χ0) is 18.0. The van der Waals surface area contributed by atoms with Gasteiger partial charge >= 0.3 is 0 Å². The molecular formula is C16H23N5O3S. The number of nitrogens with two attached hydrogens (primary N) is 1. The van der Waals surface area contributed by atoms with E-state index in [-0.39, 0.29) is 11.5 Å². The number of methoxy groups -OCH3 is 1. The zero-order valence-corrected chi connectivity index (χ0v) is 15.5. The predicted octanol–water partition coefficient (Wildman–Crippen LogP) is 0.755. The minimum Gasteiger partial charge on any atom is -0.495 e. The number of pyridine rings is 1. The summed E-state index contributed by atoms with van der Waals surface area (Å²) in [6.07, 6.45) is 5.49. The maximum atomic E-state index is 11.4. The van der Waals surface area contributed by atoms with Gasteiger partial charge < -0.3 is 9.64 Å². The Morgan fingerprint density at radius 3 is 2.68 bits per heavy atom. The first-order chi connectivity index (χ1) is 11.7. The fourth-order valence-corrected chi connectivity index (χ4v) is 4.78. The summed E-state index contributed by atoms with van der Waals surface area (Å²) in [5.41, 5.74) is 3.54. The molecule has 0 radical (unpaired) electrons. The van der Waals surface area contributed by atoms with E-state index in [1.54, 1.807) is 14.2 Å². The molecule has 1 saturated carbocycles. The molecule has 0 amide bonds. The highest BCUT2D eigenvalue weighted by Crippen LogP contribution is 2.52. The Morgan fingerprint density at radius 1 is 1.40 bits per heavy atom. The second-order valence-electron chi connectivity index (χ2n) is 7.37. The first kappa shape index (κ1) is 16.6. The van der Waals surface area contributed by atoms with Crippen LogP contribution in [0.3, 0.4) is 0 Å². The molecule has 2 N–H and O–H groups in total. The number of hydrogen-bond donors (Lipinski definition) is 1. The summed E-state index contributed by atoms with van der Waals surface area (Å²) >= 11 is 0. The summed E-state index contributed by atoms with van der Waals surface area (Å²) in [4.78, 5) is 2.31. The third-order valence-corrected chi connectivity index (χ3v) is 6.74. The Kier molecular flexibility index (Phi) is 3.54. The molecule has 0 aromatic carbocycles. The van der Waals surface area contributed by atoms with Gasteiger partial charge in [0.2, 0.25) is 0 Å². The van der Waals surface area contributed by atoms with Crippen molar-refractivity contribution in [3.05, 3.63) is 24.0 Å². The molecule has 2 aliphatic rings. The lowest BCUT2D eigenvalue weighted by atomic mass is 9.60. The molecule has 0 unspecified atom stereocenters. The van der Waals surface area contributed by atoms with E-state index < -0.39 is 10.2 Å². The van der Waals surface area contributed by atoms with Crippen molar-refractivity contribution in [2.45, 2.75) is 25.8 Å². The largest absolute Gasteiger partial charge is 0.495 e. The fourth-order valence-electron chi connectivity index (χ4n) is 4.21. The van der Waals surface area contributed by atoms with Gasteiger partial charge in [0.25, 0.3) is 10.2 Å². The zero-order valence-electron chi connectivity index (χ0n) is 14.6. The molecule has 9 heteroatoms. The van der Waals surface area contributed by atoms with Crippen molar-refractivity contribution >= 4 is 21.4 Å². The average Bonchev–Trinajstić information content (AvgIpc) is 2.87. The summed E-state index contributed by atoms with van der Waals surface area (Å²) < 4.78 is 31.3. The van der Waals surface area contributed by atoms with Crippen LogP contribution in [0.2, 0.25) is 0 Å². The third kappa shape index (κ3) is 2.57. The highest BCUT2D eigenvalue weighted by atomic mass is 32.2. The van der Waals surface area contributed by atoms with Crippen LogP contribution in [0.5, 0.6) is 5.75 Å². The SMILES string of the molecule is COc1cc(C)c2c(N3CC4(CC(N(C)S(N)(=O)=O)C4)C3)cnn2c1. The van der Waals surface area contributed by atoms with Crippen molar-refractivity contribution in [1.82, 2.24) is 13.9 Å². The van der Waals surface area contributed by atoms with Gasteiger partial charge in [-0.25, -0.2) is 9.65 Å². The summed E-state index contributed by atoms with van der Waals surface area (Å²) in [5, 5.41) is 9.66. The van der Waals surface area contributed by atoms with Gasteiger partial charge in [-0.1, -0.05) is 0 Å². The number of anilines is 1. The smallest absolute Gasteiger partial charge is 0.276 e. The van der Waals surface area contributed by atoms with Gasteiger partial charge in [-0.2, -0.15) is 17.8 Å². The summed E-state index contributed by atoms with van der Waals surface area (Å²) in [6, 6.07) is 2.03. The fraction of sp³-hybridized carbons (Fsp3) is 0.562. The quantitative estimate of drug-likeness (QED) is 0.863. The van der Waals surface area contributed by atoms with Gasteiger partial charge in [0.1, 0.15) is 5.75 Å². The van der Waals surface area contributed by atoms with Gasteiger partial charge in [-0.3, -0.25) is 0 Å². The lowest BCUT2D eigenvalue weighted by molar-refractivity contribution is 0.0212. The van der Waals surface area contributed by atoms with Gasteiger partial charge in [0.15, 0.2) is 0 Å². The Morgan fingerprint density at radius 2 is 2.08 bits per heavy atom. The van der Waals surface area contributed by atoms with Gasteiger partial charge in [0, 0.05) is 31.6 Å². The molecule has 2 aromatic rings. The first-order valence-corrected chi connectivity index (χ1v) is 9.75. The number of ether oxygens (including phenoxy) is 1. The lowest BCUT2D eigenvalue weighted by Crippen LogP contribution is -2.67. The van der Waals surface area contributed by atoms with Crippen LogP contribution in [0.25, 0.3) is 5.52 Å². The summed E-state index contributed by atoms with van der Waals surface area (Å²) in [6.45, 7) is 3.91. The van der Waals surface area contributed by atoms with Gasteiger partial charge in [0.05, 0.1) is 30.7 Å². The van der Waals surface area contributed by atoms with Crippen LogP contribution in [0.1, 0.15) is 18.4 Å². The van der Waals surface area contributed by atoms with E-state index in [9.17, 15) is 8.42 Å². The van der Waals surface area contributed by atoms with Crippen molar-refractivity contribution in [1.29, 1.82) is 0 Å². The van der Waals surface area contributed by atoms with Gasteiger partial charge in [-0.15, -0.1) is 0 Å². The Hall–Kier alpha value is -1.84. The Labute approximate surface area is 147 Å². The number of fused-ring (bicyclic) bond motifs is 1. The normalized spacial score (nSPS) is 20.1. The molecule has 136 valence electrons. The predicted molar refractivity (Wildman–Crippen MR) is 95.0 cm³/mol. The average molecular weight is 365 g/mol. The third-order valence-electron chi connectivity index (χ3n) is 5.64. The Bertz CT molecular complexity index is 925. The molecule has 1 saturated heterocycles. The highest BCUT2D eigenvalue weighted by molar-refractivity contribution is 7.86. The number of aryl methyl sites for hydroxylation is 1. The molecule has 1 spiro atoms. The van der Waals surface area contributed by atoms with Crippen LogP contribution in [-0.4, -0.2) is 55.6 Å². The van der Waals surface area contributed by atoms with E-state index in [0.29, 0.717) is 0 Å². The molecule has 2 aromatic heterocycles. The highest BCUT2D eigenvalue weighted by Gasteiger charge is 2.54. The summed E-state index contributed by atoms with van der Waals surface area (Å²) in [5.74, 6) is 0.785. The molecule has 25 heavy (non-hydrogen) atoms. The maximum absolute atomic E-state index is 11.4. The Balaban J connectivity index is 1.48. The van der Waals surface area contributed by atoms with Crippen molar-refractivity contribution in [2.75, 3.05) is 32.1 Å². The number of nitrogens with zero attached hydrogens (tertiary/aromatic N) is 4. The van der Waals surface area contributed by atoms with E-state index in [0.717, 1.165) is 48.4 Å². The van der Waals surface area contributed by atoms with E-state index >= 15 is 0 Å². The molecule has 1 aliphatic heterocycles. The monoisotopic (exact) mass is 365 g/mol. The van der Waals surface area contributed by atoms with E-state index in [2.05, 4.69) is 16.9 Å². The summed E-state index contributed by atoms with van der Waals surface area (Å²) in [7, 11) is -0.391. The second-order valence-corrected chi connectivity index (χ2v) is 8.97. The van der Waals surface area contributed by atoms with Crippen molar-refractivity contribution in [2.24, 2.45) is 10.6 Å². The molecule has 0 bridgehead atoms. The number of rotatable bonds is 4. The minimum atomic E-state index is -3.60. The first-order valence-electron chi connectivity index (χ1n) is 8.25. The standard InChI is InChI=1S/C16H23N5O3S/c1-11-4-13(24-3)8-21-15(11)14(7-18-21)20-9-16(10-20)5-12(6-16)19(2)25(17,22)23/h4,7-8,12H,5-6,9-10H2,1-3H3,(H2,17,22,23). The van der Waals surface area contributed by atoms with Crippen LogP contribution in [0.4, 0.5) is 5.69 Å². The van der Waals surface area contributed by atoms with E-state index in [4.69, 9.17) is 9.88 Å². The molecule has 4 rings (SSSR count).